The lowest BCUT2D eigenvalue weighted by molar-refractivity contribution is 0.0817. The highest BCUT2D eigenvalue weighted by Crippen LogP contribution is 2.65. The number of hydrogen-bond acceptors (Lipinski definition) is 3. The van der Waals surface area contributed by atoms with Crippen LogP contribution < -0.4 is 5.32 Å². The van der Waals surface area contributed by atoms with Gasteiger partial charge in [-0.2, -0.15) is 0 Å². The van der Waals surface area contributed by atoms with Crippen LogP contribution in [-0.2, 0) is 6.42 Å². The number of hydrogen-bond donors (Lipinski definition) is 2. The molecule has 0 spiro atoms. The molecular weight excluding hydrogens is 252 g/mol. The fourth-order valence-electron chi connectivity index (χ4n) is 4.20. The third kappa shape index (κ3) is 1.71. The maximum absolute atomic E-state index is 12.3. The van der Waals surface area contributed by atoms with Gasteiger partial charge in [-0.1, -0.05) is 27.7 Å². The van der Waals surface area contributed by atoms with Crippen molar-refractivity contribution >= 4 is 5.91 Å². The molecule has 2 bridgehead atoms. The second-order valence-corrected chi connectivity index (χ2v) is 7.10. The van der Waals surface area contributed by atoms with E-state index in [9.17, 15) is 4.79 Å². The molecule has 20 heavy (non-hydrogen) atoms. The fraction of sp³-hybridized carbons (Fsp3) is 0.800. The SMILES string of the molecule is CCc1nc(C(=O)NC2CC3CCC2(C)C3(C)C)n[nH]1. The van der Waals surface area contributed by atoms with Crippen molar-refractivity contribution in [3.63, 3.8) is 0 Å². The quantitative estimate of drug-likeness (QED) is 0.890. The lowest BCUT2D eigenvalue weighted by Crippen LogP contribution is -2.47. The van der Waals surface area contributed by atoms with Gasteiger partial charge in [0.15, 0.2) is 0 Å². The molecule has 2 aliphatic carbocycles. The van der Waals surface area contributed by atoms with Crippen LogP contribution in [0.5, 0.6) is 0 Å². The molecule has 2 N–H and O–H groups in total. The molecule has 0 aliphatic heterocycles. The number of aryl methyl sites for hydroxylation is 1. The molecule has 2 aliphatic rings. The molecule has 3 atom stereocenters. The maximum Gasteiger partial charge on any atom is 0.291 e. The van der Waals surface area contributed by atoms with E-state index in [4.69, 9.17) is 0 Å². The van der Waals surface area contributed by atoms with Crippen molar-refractivity contribution in [3.05, 3.63) is 11.6 Å². The van der Waals surface area contributed by atoms with E-state index in [1.54, 1.807) is 0 Å². The van der Waals surface area contributed by atoms with Crippen molar-refractivity contribution < 1.29 is 4.79 Å². The number of fused-ring (bicyclic) bond motifs is 2. The molecule has 0 radical (unpaired) electrons. The highest BCUT2D eigenvalue weighted by atomic mass is 16.2. The molecule has 1 amide bonds. The van der Waals surface area contributed by atoms with E-state index >= 15 is 0 Å². The van der Waals surface area contributed by atoms with Gasteiger partial charge in [-0.15, -0.1) is 5.10 Å². The van der Waals surface area contributed by atoms with Gasteiger partial charge in [0.1, 0.15) is 5.82 Å². The Hall–Kier alpha value is -1.39. The Morgan fingerprint density at radius 3 is 2.70 bits per heavy atom. The summed E-state index contributed by atoms with van der Waals surface area (Å²) in [6.45, 7) is 9.00. The van der Waals surface area contributed by atoms with Crippen LogP contribution in [0.1, 0.15) is 63.4 Å². The van der Waals surface area contributed by atoms with Crippen LogP contribution in [0.15, 0.2) is 0 Å². The van der Waals surface area contributed by atoms with E-state index < -0.39 is 0 Å². The number of amides is 1. The van der Waals surface area contributed by atoms with Crippen molar-refractivity contribution in [1.82, 2.24) is 20.5 Å². The minimum atomic E-state index is -0.143. The summed E-state index contributed by atoms with van der Waals surface area (Å²) in [6.07, 6.45) is 4.33. The van der Waals surface area contributed by atoms with Gasteiger partial charge in [-0.05, 0) is 36.0 Å². The van der Waals surface area contributed by atoms with E-state index in [0.717, 1.165) is 24.6 Å². The van der Waals surface area contributed by atoms with Crippen molar-refractivity contribution in [2.45, 2.75) is 59.4 Å². The summed E-state index contributed by atoms with van der Waals surface area (Å²) in [5.74, 6) is 1.60. The molecule has 5 heteroatoms. The minimum absolute atomic E-state index is 0.143. The molecule has 5 nitrogen and oxygen atoms in total. The molecule has 1 aromatic heterocycles. The Kier molecular flexibility index (Phi) is 2.92. The number of carbonyl (C=O) groups excluding carboxylic acids is 1. The third-order valence-electron chi connectivity index (χ3n) is 6.17. The van der Waals surface area contributed by atoms with Crippen molar-refractivity contribution in [2.75, 3.05) is 0 Å². The van der Waals surface area contributed by atoms with Crippen LogP contribution in [0, 0.1) is 16.7 Å². The summed E-state index contributed by atoms with van der Waals surface area (Å²) in [5.41, 5.74) is 0.496. The molecule has 0 saturated heterocycles. The highest BCUT2D eigenvalue weighted by Gasteiger charge is 2.61. The van der Waals surface area contributed by atoms with Crippen LogP contribution >= 0.6 is 0 Å². The average molecular weight is 276 g/mol. The number of nitrogens with one attached hydrogen (secondary N) is 2. The van der Waals surface area contributed by atoms with Gasteiger partial charge in [0.2, 0.25) is 5.82 Å². The summed E-state index contributed by atoms with van der Waals surface area (Å²) < 4.78 is 0. The van der Waals surface area contributed by atoms with Gasteiger partial charge in [-0.3, -0.25) is 9.89 Å². The zero-order valence-electron chi connectivity index (χ0n) is 12.8. The first-order valence-electron chi connectivity index (χ1n) is 7.60. The first-order chi connectivity index (χ1) is 9.38. The minimum Gasteiger partial charge on any atom is -0.346 e. The largest absolute Gasteiger partial charge is 0.346 e. The summed E-state index contributed by atoms with van der Waals surface area (Å²) >= 11 is 0. The van der Waals surface area contributed by atoms with Crippen molar-refractivity contribution in [2.24, 2.45) is 16.7 Å². The Balaban J connectivity index is 1.75. The predicted molar refractivity (Wildman–Crippen MR) is 76.2 cm³/mol. The van der Waals surface area contributed by atoms with E-state index in [0.29, 0.717) is 5.41 Å². The molecule has 1 aromatic rings. The maximum atomic E-state index is 12.3. The smallest absolute Gasteiger partial charge is 0.291 e. The lowest BCUT2D eigenvalue weighted by atomic mass is 9.69. The predicted octanol–water partition coefficient (Wildman–Crippen LogP) is 2.31. The summed E-state index contributed by atoms with van der Waals surface area (Å²) in [6, 6.07) is 0.243. The number of aromatic nitrogens is 3. The van der Waals surface area contributed by atoms with Gasteiger partial charge >= 0.3 is 0 Å². The molecule has 3 unspecified atom stereocenters. The third-order valence-corrected chi connectivity index (χ3v) is 6.17. The van der Waals surface area contributed by atoms with Crippen LogP contribution in [-0.4, -0.2) is 27.1 Å². The van der Waals surface area contributed by atoms with Crippen LogP contribution in [0.4, 0.5) is 0 Å². The number of aromatic amines is 1. The normalized spacial score (nSPS) is 34.4. The highest BCUT2D eigenvalue weighted by molar-refractivity contribution is 5.90. The molecule has 110 valence electrons. The summed E-state index contributed by atoms with van der Waals surface area (Å²) in [5, 5.41) is 9.98. The molecule has 0 aromatic carbocycles. The first-order valence-corrected chi connectivity index (χ1v) is 7.60. The monoisotopic (exact) mass is 276 g/mol. The topological polar surface area (TPSA) is 70.7 Å². The molecular formula is C15H24N4O. The Bertz CT molecular complexity index is 536. The van der Waals surface area contributed by atoms with Crippen LogP contribution in [0.25, 0.3) is 0 Å². The summed E-state index contributed by atoms with van der Waals surface area (Å²) in [4.78, 5) is 16.5. The average Bonchev–Trinajstić information content (AvgIpc) is 3.01. The number of H-pyrrole nitrogens is 1. The standard InChI is InChI=1S/C15H24N4O/c1-5-11-17-12(19-18-11)13(20)16-10-8-9-6-7-15(10,4)14(9,2)3/h9-10H,5-8H2,1-4H3,(H,16,20)(H,17,18,19). The van der Waals surface area contributed by atoms with E-state index in [1.165, 1.54) is 12.8 Å². The lowest BCUT2D eigenvalue weighted by Gasteiger charge is -2.39. The zero-order valence-corrected chi connectivity index (χ0v) is 12.8. The van der Waals surface area contributed by atoms with Gasteiger partial charge in [0.25, 0.3) is 5.91 Å². The van der Waals surface area contributed by atoms with E-state index in [2.05, 4.69) is 41.3 Å². The van der Waals surface area contributed by atoms with Gasteiger partial charge in [0.05, 0.1) is 0 Å². The van der Waals surface area contributed by atoms with Crippen LogP contribution in [0.2, 0.25) is 0 Å². The van der Waals surface area contributed by atoms with Crippen LogP contribution in [0.3, 0.4) is 0 Å². The molecule has 2 fully saturated rings. The number of rotatable bonds is 3. The fourth-order valence-corrected chi connectivity index (χ4v) is 4.20. The van der Waals surface area contributed by atoms with E-state index in [1.807, 2.05) is 6.92 Å². The second-order valence-electron chi connectivity index (χ2n) is 7.10. The second kappa shape index (κ2) is 4.30. The Morgan fingerprint density at radius 1 is 1.45 bits per heavy atom. The number of carbonyl (C=O) groups is 1. The Morgan fingerprint density at radius 2 is 2.20 bits per heavy atom. The van der Waals surface area contributed by atoms with Gasteiger partial charge < -0.3 is 5.32 Å². The molecule has 2 saturated carbocycles. The van der Waals surface area contributed by atoms with E-state index in [-0.39, 0.29) is 23.2 Å². The summed E-state index contributed by atoms with van der Waals surface area (Å²) in [7, 11) is 0. The molecule has 3 rings (SSSR count). The van der Waals surface area contributed by atoms with Crippen molar-refractivity contribution in [1.29, 1.82) is 0 Å². The van der Waals surface area contributed by atoms with Crippen molar-refractivity contribution in [3.8, 4) is 0 Å². The molecule has 1 heterocycles. The first kappa shape index (κ1) is 13.6. The van der Waals surface area contributed by atoms with Gasteiger partial charge in [-0.25, -0.2) is 4.98 Å². The number of nitrogens with zero attached hydrogens (tertiary/aromatic N) is 2. The Labute approximate surface area is 119 Å². The van der Waals surface area contributed by atoms with Gasteiger partial charge in [0, 0.05) is 12.5 Å². The zero-order chi connectivity index (χ0) is 14.5.